The SMILES string of the molecule is CCNC(CC)CCCSc1nnc(C)s1. The second-order valence-electron chi connectivity index (χ2n) is 3.74. The molecule has 1 aromatic heterocycles. The van der Waals surface area contributed by atoms with E-state index < -0.39 is 0 Å². The first-order valence-corrected chi connectivity index (χ1v) is 7.72. The van der Waals surface area contributed by atoms with Gasteiger partial charge in [0.25, 0.3) is 0 Å². The van der Waals surface area contributed by atoms with Gasteiger partial charge in [-0.2, -0.15) is 0 Å². The Kier molecular flexibility index (Phi) is 7.00. The first kappa shape index (κ1) is 13.9. The monoisotopic (exact) mass is 259 g/mol. The Morgan fingerprint density at radius 1 is 1.38 bits per heavy atom. The van der Waals surface area contributed by atoms with Crippen molar-refractivity contribution in [2.24, 2.45) is 0 Å². The topological polar surface area (TPSA) is 37.8 Å². The molecule has 1 atom stereocenters. The molecule has 0 radical (unpaired) electrons. The van der Waals surface area contributed by atoms with Gasteiger partial charge in [0, 0.05) is 11.8 Å². The van der Waals surface area contributed by atoms with Gasteiger partial charge in [0.15, 0.2) is 4.34 Å². The molecule has 0 fully saturated rings. The molecule has 1 aromatic rings. The zero-order valence-corrected chi connectivity index (χ0v) is 12.0. The Morgan fingerprint density at radius 2 is 2.19 bits per heavy atom. The zero-order valence-electron chi connectivity index (χ0n) is 10.3. The quantitative estimate of drug-likeness (QED) is 0.575. The molecule has 0 bridgehead atoms. The summed E-state index contributed by atoms with van der Waals surface area (Å²) in [7, 11) is 0. The second kappa shape index (κ2) is 8.03. The van der Waals surface area contributed by atoms with Gasteiger partial charge in [-0.1, -0.05) is 36.9 Å². The van der Waals surface area contributed by atoms with Gasteiger partial charge in [-0.05, 0) is 32.7 Å². The van der Waals surface area contributed by atoms with E-state index in [1.54, 1.807) is 11.3 Å². The Balaban J connectivity index is 2.11. The molecular formula is C11H21N3S2. The van der Waals surface area contributed by atoms with E-state index in [-0.39, 0.29) is 0 Å². The molecule has 16 heavy (non-hydrogen) atoms. The average Bonchev–Trinajstić information content (AvgIpc) is 2.69. The summed E-state index contributed by atoms with van der Waals surface area (Å²) in [6.45, 7) is 7.48. The fourth-order valence-electron chi connectivity index (χ4n) is 1.57. The number of aryl methyl sites for hydroxylation is 1. The van der Waals surface area contributed by atoms with Gasteiger partial charge in [-0.3, -0.25) is 0 Å². The summed E-state index contributed by atoms with van der Waals surface area (Å²) in [5.74, 6) is 1.15. The maximum atomic E-state index is 4.10. The summed E-state index contributed by atoms with van der Waals surface area (Å²) in [6, 6.07) is 0.682. The third-order valence-corrected chi connectivity index (χ3v) is 4.47. The normalized spacial score (nSPS) is 12.9. The molecule has 1 unspecified atom stereocenters. The fraction of sp³-hybridized carbons (Fsp3) is 0.818. The van der Waals surface area contributed by atoms with Gasteiger partial charge in [-0.15, -0.1) is 10.2 Å². The largest absolute Gasteiger partial charge is 0.314 e. The molecule has 0 spiro atoms. The molecule has 1 heterocycles. The first-order valence-electron chi connectivity index (χ1n) is 5.92. The van der Waals surface area contributed by atoms with Crippen LogP contribution in [0.4, 0.5) is 0 Å². The van der Waals surface area contributed by atoms with E-state index in [0.717, 1.165) is 21.6 Å². The van der Waals surface area contributed by atoms with Crippen LogP contribution in [0.3, 0.4) is 0 Å². The van der Waals surface area contributed by atoms with Crippen molar-refractivity contribution in [1.82, 2.24) is 15.5 Å². The number of nitrogens with zero attached hydrogens (tertiary/aromatic N) is 2. The van der Waals surface area contributed by atoms with Crippen LogP contribution in [0.2, 0.25) is 0 Å². The van der Waals surface area contributed by atoms with Crippen LogP contribution in [0.25, 0.3) is 0 Å². The summed E-state index contributed by atoms with van der Waals surface area (Å²) in [6.07, 6.45) is 3.72. The Morgan fingerprint density at radius 3 is 2.75 bits per heavy atom. The number of hydrogen-bond acceptors (Lipinski definition) is 5. The van der Waals surface area contributed by atoms with E-state index in [0.29, 0.717) is 6.04 Å². The van der Waals surface area contributed by atoms with Crippen LogP contribution < -0.4 is 5.32 Å². The molecule has 0 aliphatic rings. The second-order valence-corrected chi connectivity index (χ2v) is 6.26. The minimum Gasteiger partial charge on any atom is -0.314 e. The van der Waals surface area contributed by atoms with Gasteiger partial charge in [0.05, 0.1) is 0 Å². The van der Waals surface area contributed by atoms with Crippen molar-refractivity contribution in [3.63, 3.8) is 0 Å². The van der Waals surface area contributed by atoms with Gasteiger partial charge < -0.3 is 5.32 Å². The molecule has 1 rings (SSSR count). The molecule has 0 amide bonds. The van der Waals surface area contributed by atoms with E-state index in [2.05, 4.69) is 29.4 Å². The summed E-state index contributed by atoms with van der Waals surface area (Å²) >= 11 is 3.52. The van der Waals surface area contributed by atoms with E-state index in [9.17, 15) is 0 Å². The minimum atomic E-state index is 0.682. The summed E-state index contributed by atoms with van der Waals surface area (Å²) in [4.78, 5) is 0. The molecule has 5 heteroatoms. The lowest BCUT2D eigenvalue weighted by Crippen LogP contribution is -2.28. The highest BCUT2D eigenvalue weighted by Gasteiger charge is 2.05. The van der Waals surface area contributed by atoms with Crippen LogP contribution in [0.1, 0.15) is 38.1 Å². The fourth-order valence-corrected chi connectivity index (χ4v) is 3.41. The number of nitrogens with one attached hydrogen (secondary N) is 1. The third-order valence-electron chi connectivity index (χ3n) is 2.42. The van der Waals surface area contributed by atoms with Crippen LogP contribution in [-0.4, -0.2) is 28.5 Å². The predicted molar refractivity (Wildman–Crippen MR) is 72.4 cm³/mol. The Bertz CT molecular complexity index is 289. The number of hydrogen-bond donors (Lipinski definition) is 1. The molecule has 0 aliphatic heterocycles. The minimum absolute atomic E-state index is 0.682. The lowest BCUT2D eigenvalue weighted by molar-refractivity contribution is 0.477. The highest BCUT2D eigenvalue weighted by Crippen LogP contribution is 2.23. The lowest BCUT2D eigenvalue weighted by atomic mass is 10.1. The van der Waals surface area contributed by atoms with Crippen LogP contribution in [0, 0.1) is 6.92 Å². The zero-order chi connectivity index (χ0) is 11.8. The van der Waals surface area contributed by atoms with E-state index >= 15 is 0 Å². The molecule has 3 nitrogen and oxygen atoms in total. The van der Waals surface area contributed by atoms with Gasteiger partial charge in [0.1, 0.15) is 5.01 Å². The number of thioether (sulfide) groups is 1. The summed E-state index contributed by atoms with van der Waals surface area (Å²) < 4.78 is 1.11. The van der Waals surface area contributed by atoms with Gasteiger partial charge in [0.2, 0.25) is 0 Å². The van der Waals surface area contributed by atoms with Crippen LogP contribution in [-0.2, 0) is 0 Å². The Labute approximate surface area is 106 Å². The van der Waals surface area contributed by atoms with Crippen molar-refractivity contribution in [2.45, 2.75) is 50.4 Å². The highest BCUT2D eigenvalue weighted by atomic mass is 32.2. The van der Waals surface area contributed by atoms with Crippen LogP contribution in [0.5, 0.6) is 0 Å². The average molecular weight is 259 g/mol. The number of rotatable bonds is 8. The molecular weight excluding hydrogens is 238 g/mol. The third kappa shape index (κ3) is 5.27. The van der Waals surface area contributed by atoms with E-state index in [4.69, 9.17) is 0 Å². The maximum absolute atomic E-state index is 4.10. The highest BCUT2D eigenvalue weighted by molar-refractivity contribution is 8.01. The molecule has 0 aromatic carbocycles. The molecule has 92 valence electrons. The predicted octanol–water partition coefficient (Wildman–Crippen LogP) is 3.11. The van der Waals surface area contributed by atoms with Crippen LogP contribution in [0.15, 0.2) is 4.34 Å². The molecule has 0 saturated heterocycles. The molecule has 1 N–H and O–H groups in total. The number of aromatic nitrogens is 2. The lowest BCUT2D eigenvalue weighted by Gasteiger charge is -2.14. The van der Waals surface area contributed by atoms with Crippen molar-refractivity contribution < 1.29 is 0 Å². The van der Waals surface area contributed by atoms with Crippen molar-refractivity contribution >= 4 is 23.1 Å². The molecule has 0 saturated carbocycles. The Hall–Kier alpha value is -0.130. The maximum Gasteiger partial charge on any atom is 0.174 e. The van der Waals surface area contributed by atoms with Gasteiger partial charge >= 0.3 is 0 Å². The standard InChI is InChI=1S/C11H21N3S2/c1-4-10(12-5-2)7-6-8-15-11-14-13-9(3)16-11/h10,12H,4-8H2,1-3H3. The van der Waals surface area contributed by atoms with E-state index in [1.165, 1.54) is 19.3 Å². The smallest absolute Gasteiger partial charge is 0.174 e. The van der Waals surface area contributed by atoms with Crippen molar-refractivity contribution in [3.8, 4) is 0 Å². The van der Waals surface area contributed by atoms with Crippen LogP contribution >= 0.6 is 23.1 Å². The molecule has 0 aliphatic carbocycles. The van der Waals surface area contributed by atoms with Crippen molar-refractivity contribution in [3.05, 3.63) is 5.01 Å². The summed E-state index contributed by atoms with van der Waals surface area (Å²) in [5.41, 5.74) is 0. The first-order chi connectivity index (χ1) is 7.76. The van der Waals surface area contributed by atoms with Gasteiger partial charge in [-0.25, -0.2) is 0 Å². The van der Waals surface area contributed by atoms with E-state index in [1.807, 2.05) is 18.7 Å². The van der Waals surface area contributed by atoms with Crippen molar-refractivity contribution in [2.75, 3.05) is 12.3 Å². The summed E-state index contributed by atoms with van der Waals surface area (Å²) in [5, 5.41) is 12.7. The van der Waals surface area contributed by atoms with Crippen molar-refractivity contribution in [1.29, 1.82) is 0 Å².